The molecular weight excluding hydrogens is 288 g/mol. The third kappa shape index (κ3) is 3.26. The van der Waals surface area contributed by atoms with Crippen molar-refractivity contribution in [1.82, 2.24) is 9.47 Å². The summed E-state index contributed by atoms with van der Waals surface area (Å²) in [6.45, 7) is 7.46. The maximum absolute atomic E-state index is 12.8. The molecule has 0 aromatic carbocycles. The van der Waals surface area contributed by atoms with Gasteiger partial charge in [-0.2, -0.15) is 11.8 Å². The normalized spacial score (nSPS) is 18.8. The van der Waals surface area contributed by atoms with Crippen molar-refractivity contribution in [2.45, 2.75) is 39.8 Å². The van der Waals surface area contributed by atoms with Crippen molar-refractivity contribution >= 4 is 23.6 Å². The molecule has 1 amide bonds. The smallest absolute Gasteiger partial charge is 0.305 e. The van der Waals surface area contributed by atoms with E-state index in [4.69, 9.17) is 5.11 Å². The third-order valence-electron chi connectivity index (χ3n) is 4.02. The van der Waals surface area contributed by atoms with Crippen molar-refractivity contribution in [3.63, 3.8) is 0 Å². The SMILES string of the molecule is CCn1c(C)cc(C(=O)N2CCSCC2CC(=O)O)c1C. The highest BCUT2D eigenvalue weighted by molar-refractivity contribution is 7.99. The molecule has 1 fully saturated rings. The molecule has 2 rings (SSSR count). The van der Waals surface area contributed by atoms with Crippen LogP contribution in [0.2, 0.25) is 0 Å². The van der Waals surface area contributed by atoms with E-state index in [1.807, 2.05) is 19.9 Å². The first-order chi connectivity index (χ1) is 9.95. The summed E-state index contributed by atoms with van der Waals surface area (Å²) in [7, 11) is 0. The molecule has 0 spiro atoms. The van der Waals surface area contributed by atoms with Gasteiger partial charge in [0.25, 0.3) is 5.91 Å². The topological polar surface area (TPSA) is 62.5 Å². The number of aryl methyl sites for hydroxylation is 1. The van der Waals surface area contributed by atoms with Gasteiger partial charge in [-0.3, -0.25) is 9.59 Å². The molecule has 21 heavy (non-hydrogen) atoms. The molecule has 1 aromatic heterocycles. The van der Waals surface area contributed by atoms with Crippen LogP contribution in [-0.2, 0) is 11.3 Å². The molecule has 6 heteroatoms. The minimum atomic E-state index is -0.848. The Kier molecular flexibility index (Phi) is 4.98. The monoisotopic (exact) mass is 310 g/mol. The number of carboxylic acid groups (broad SMARTS) is 1. The number of carbonyl (C=O) groups is 2. The maximum atomic E-state index is 12.8. The number of rotatable bonds is 4. The van der Waals surface area contributed by atoms with Crippen LogP contribution in [0.25, 0.3) is 0 Å². The van der Waals surface area contributed by atoms with Crippen molar-refractivity contribution in [1.29, 1.82) is 0 Å². The van der Waals surface area contributed by atoms with E-state index in [1.165, 1.54) is 0 Å². The van der Waals surface area contributed by atoms with Crippen molar-refractivity contribution in [2.24, 2.45) is 0 Å². The van der Waals surface area contributed by atoms with Crippen LogP contribution < -0.4 is 0 Å². The fraction of sp³-hybridized carbons (Fsp3) is 0.600. The van der Waals surface area contributed by atoms with E-state index in [1.54, 1.807) is 16.7 Å². The number of nitrogens with zero attached hydrogens (tertiary/aromatic N) is 2. The molecule has 1 N–H and O–H groups in total. The van der Waals surface area contributed by atoms with Crippen LogP contribution >= 0.6 is 11.8 Å². The molecule has 0 radical (unpaired) electrons. The molecule has 1 atom stereocenters. The molecule has 1 saturated heterocycles. The lowest BCUT2D eigenvalue weighted by Gasteiger charge is -2.34. The van der Waals surface area contributed by atoms with Gasteiger partial charge in [0, 0.05) is 36.0 Å². The maximum Gasteiger partial charge on any atom is 0.305 e. The molecule has 1 aromatic rings. The average molecular weight is 310 g/mol. The van der Waals surface area contributed by atoms with Gasteiger partial charge in [0.05, 0.1) is 18.0 Å². The number of amides is 1. The number of carbonyl (C=O) groups excluding carboxylic acids is 1. The summed E-state index contributed by atoms with van der Waals surface area (Å²) >= 11 is 1.72. The van der Waals surface area contributed by atoms with Crippen LogP contribution in [0.1, 0.15) is 35.1 Å². The first kappa shape index (κ1) is 15.9. The van der Waals surface area contributed by atoms with Crippen LogP contribution in [0.3, 0.4) is 0 Å². The largest absolute Gasteiger partial charge is 0.481 e. The van der Waals surface area contributed by atoms with Crippen molar-refractivity contribution in [3.8, 4) is 0 Å². The number of carboxylic acids is 1. The highest BCUT2D eigenvalue weighted by Crippen LogP contribution is 2.24. The van der Waals surface area contributed by atoms with Gasteiger partial charge in [-0.05, 0) is 26.8 Å². The van der Waals surface area contributed by atoms with Crippen molar-refractivity contribution in [2.75, 3.05) is 18.1 Å². The highest BCUT2D eigenvalue weighted by Gasteiger charge is 2.31. The van der Waals surface area contributed by atoms with Gasteiger partial charge in [-0.25, -0.2) is 0 Å². The molecule has 116 valence electrons. The average Bonchev–Trinajstić information content (AvgIpc) is 2.72. The molecule has 1 unspecified atom stereocenters. The van der Waals surface area contributed by atoms with Gasteiger partial charge in [0.15, 0.2) is 0 Å². The zero-order valence-electron chi connectivity index (χ0n) is 12.8. The van der Waals surface area contributed by atoms with Gasteiger partial charge < -0.3 is 14.6 Å². The Morgan fingerprint density at radius 1 is 1.43 bits per heavy atom. The highest BCUT2D eigenvalue weighted by atomic mass is 32.2. The fourth-order valence-electron chi connectivity index (χ4n) is 2.95. The summed E-state index contributed by atoms with van der Waals surface area (Å²) in [4.78, 5) is 25.5. The van der Waals surface area contributed by atoms with E-state index < -0.39 is 5.97 Å². The van der Waals surface area contributed by atoms with Crippen LogP contribution in [0.15, 0.2) is 6.07 Å². The van der Waals surface area contributed by atoms with Gasteiger partial charge in [0.2, 0.25) is 0 Å². The second kappa shape index (κ2) is 6.56. The molecule has 0 saturated carbocycles. The van der Waals surface area contributed by atoms with E-state index in [2.05, 4.69) is 11.5 Å². The van der Waals surface area contributed by atoms with E-state index in [9.17, 15) is 9.59 Å². The second-order valence-corrected chi connectivity index (χ2v) is 6.50. The Balaban J connectivity index is 2.26. The summed E-state index contributed by atoms with van der Waals surface area (Å²) < 4.78 is 2.11. The predicted molar refractivity (Wildman–Crippen MR) is 84.0 cm³/mol. The number of hydrogen-bond acceptors (Lipinski definition) is 3. The summed E-state index contributed by atoms with van der Waals surface area (Å²) in [6.07, 6.45) is 0.0191. The molecule has 1 aliphatic heterocycles. The Morgan fingerprint density at radius 2 is 2.14 bits per heavy atom. The molecule has 0 aliphatic carbocycles. The van der Waals surface area contributed by atoms with E-state index in [-0.39, 0.29) is 18.4 Å². The molecule has 0 bridgehead atoms. The van der Waals surface area contributed by atoms with Crippen LogP contribution in [0.5, 0.6) is 0 Å². The van der Waals surface area contributed by atoms with Crippen LogP contribution in [-0.4, -0.2) is 50.5 Å². The summed E-state index contributed by atoms with van der Waals surface area (Å²) in [5.74, 6) is 0.688. The minimum Gasteiger partial charge on any atom is -0.481 e. The zero-order valence-corrected chi connectivity index (χ0v) is 13.6. The number of thioether (sulfide) groups is 1. The van der Waals surface area contributed by atoms with Crippen LogP contribution in [0.4, 0.5) is 0 Å². The van der Waals surface area contributed by atoms with Crippen LogP contribution in [0, 0.1) is 13.8 Å². The van der Waals surface area contributed by atoms with Crippen molar-refractivity contribution in [3.05, 3.63) is 23.0 Å². The molecule has 2 heterocycles. The summed E-state index contributed by atoms with van der Waals surface area (Å²) in [5, 5.41) is 9.03. The third-order valence-corrected chi connectivity index (χ3v) is 5.11. The Labute approximate surface area is 129 Å². The van der Waals surface area contributed by atoms with Gasteiger partial charge in [0.1, 0.15) is 0 Å². The van der Waals surface area contributed by atoms with E-state index in [0.29, 0.717) is 17.9 Å². The number of aromatic nitrogens is 1. The number of aliphatic carboxylic acids is 1. The van der Waals surface area contributed by atoms with Gasteiger partial charge >= 0.3 is 5.97 Å². The Bertz CT molecular complexity index is 553. The minimum absolute atomic E-state index is 0.0191. The lowest BCUT2D eigenvalue weighted by molar-refractivity contribution is -0.138. The quantitative estimate of drug-likeness (QED) is 0.925. The number of hydrogen-bond donors (Lipinski definition) is 1. The zero-order chi connectivity index (χ0) is 15.6. The van der Waals surface area contributed by atoms with E-state index in [0.717, 1.165) is 23.7 Å². The van der Waals surface area contributed by atoms with Crippen molar-refractivity contribution < 1.29 is 14.7 Å². The molecular formula is C15H22N2O3S. The summed E-state index contributed by atoms with van der Waals surface area (Å²) in [6, 6.07) is 1.71. The Hall–Kier alpha value is -1.43. The summed E-state index contributed by atoms with van der Waals surface area (Å²) in [5.41, 5.74) is 2.74. The first-order valence-corrected chi connectivity index (χ1v) is 8.38. The predicted octanol–water partition coefficient (Wildman–Crippen LogP) is 2.16. The fourth-order valence-corrected chi connectivity index (χ4v) is 4.01. The Morgan fingerprint density at radius 3 is 2.71 bits per heavy atom. The lowest BCUT2D eigenvalue weighted by Crippen LogP contribution is -2.47. The first-order valence-electron chi connectivity index (χ1n) is 7.23. The van der Waals surface area contributed by atoms with Gasteiger partial charge in [-0.1, -0.05) is 0 Å². The molecule has 5 nitrogen and oxygen atoms in total. The second-order valence-electron chi connectivity index (χ2n) is 5.35. The lowest BCUT2D eigenvalue weighted by atomic mass is 10.1. The standard InChI is InChI=1S/C15H22N2O3S/c1-4-16-10(2)7-13(11(16)3)15(20)17-5-6-21-9-12(17)8-14(18)19/h7,12H,4-6,8-9H2,1-3H3,(H,18,19). The van der Waals surface area contributed by atoms with Gasteiger partial charge in [-0.15, -0.1) is 0 Å². The molecule has 1 aliphatic rings. The van der Waals surface area contributed by atoms with E-state index >= 15 is 0 Å².